The lowest BCUT2D eigenvalue weighted by Gasteiger charge is -2.18. The highest BCUT2D eigenvalue weighted by Crippen LogP contribution is 2.27. The van der Waals surface area contributed by atoms with Crippen molar-refractivity contribution in [1.29, 1.82) is 0 Å². The van der Waals surface area contributed by atoms with Gasteiger partial charge in [0.2, 0.25) is 0 Å². The molecule has 4 aromatic heterocycles. The largest absolute Gasteiger partial charge is 0.485 e. The second-order valence-electron chi connectivity index (χ2n) is 8.68. The van der Waals surface area contributed by atoms with E-state index in [-0.39, 0.29) is 23.1 Å². The fraction of sp³-hybridized carbons (Fsp3) is 0.240. The number of pyridine rings is 3. The lowest BCUT2D eigenvalue weighted by Crippen LogP contribution is -2.23. The van der Waals surface area contributed by atoms with Gasteiger partial charge in [0.25, 0.3) is 5.56 Å². The number of hydrogen-bond acceptors (Lipinski definition) is 7. The number of nitrogens with zero attached hydrogens (tertiary/aromatic N) is 5. The third-order valence-corrected chi connectivity index (χ3v) is 5.74. The van der Waals surface area contributed by atoms with Gasteiger partial charge in [0, 0.05) is 24.0 Å². The molecule has 1 N–H and O–H groups in total. The van der Waals surface area contributed by atoms with Crippen LogP contribution in [0.2, 0.25) is 5.02 Å². The number of aryl methyl sites for hydroxylation is 2. The Morgan fingerprint density at radius 1 is 1.06 bits per heavy atom. The van der Waals surface area contributed by atoms with E-state index >= 15 is 0 Å². The molecule has 0 spiro atoms. The molecule has 0 radical (unpaired) electrons. The van der Waals surface area contributed by atoms with Gasteiger partial charge in [-0.1, -0.05) is 11.6 Å². The molecule has 0 amide bonds. The lowest BCUT2D eigenvalue weighted by molar-refractivity contribution is 0.0735. The third kappa shape index (κ3) is 5.09. The molecule has 0 fully saturated rings. The summed E-state index contributed by atoms with van der Waals surface area (Å²) in [6.07, 6.45) is 5.45. The molecule has 0 unspecified atom stereocenters. The quantitative estimate of drug-likeness (QED) is 0.406. The molecular weight excluding hydrogens is 492 g/mol. The average Bonchev–Trinajstić information content (AvgIpc) is 2.82. The fourth-order valence-electron chi connectivity index (χ4n) is 3.46. The van der Waals surface area contributed by atoms with Crippen LogP contribution in [0, 0.1) is 25.5 Å². The molecule has 0 saturated carbocycles. The van der Waals surface area contributed by atoms with Crippen LogP contribution in [0.4, 0.5) is 8.78 Å². The molecule has 4 aromatic rings. The number of rotatable bonds is 6. The SMILES string of the molecule is Cc1cnc(-c2cncc(C(C)(C)O)n2)cc1-n1c(C)cc(OCc2ncc(F)cc2F)c(Cl)c1=O. The highest BCUT2D eigenvalue weighted by molar-refractivity contribution is 6.31. The minimum Gasteiger partial charge on any atom is -0.485 e. The molecule has 0 aliphatic rings. The summed E-state index contributed by atoms with van der Waals surface area (Å²) in [6, 6.07) is 3.91. The molecule has 0 bridgehead atoms. The summed E-state index contributed by atoms with van der Waals surface area (Å²) < 4.78 is 33.9. The van der Waals surface area contributed by atoms with Gasteiger partial charge in [0.15, 0.2) is 5.82 Å². The topological polar surface area (TPSA) is 103 Å². The Labute approximate surface area is 210 Å². The number of aliphatic hydroxyl groups is 1. The number of ether oxygens (including phenoxy) is 1. The monoisotopic (exact) mass is 513 g/mol. The molecule has 36 heavy (non-hydrogen) atoms. The molecule has 186 valence electrons. The Hall–Kier alpha value is -3.76. The molecule has 0 saturated heterocycles. The first-order valence-electron chi connectivity index (χ1n) is 10.8. The van der Waals surface area contributed by atoms with Crippen molar-refractivity contribution in [1.82, 2.24) is 24.5 Å². The molecule has 0 aliphatic carbocycles. The molecular formula is C25H22ClF2N5O3. The molecule has 11 heteroatoms. The molecule has 0 aromatic carbocycles. The number of halogens is 3. The van der Waals surface area contributed by atoms with Crippen LogP contribution >= 0.6 is 11.6 Å². The van der Waals surface area contributed by atoms with E-state index in [4.69, 9.17) is 16.3 Å². The van der Waals surface area contributed by atoms with Crippen molar-refractivity contribution < 1.29 is 18.6 Å². The van der Waals surface area contributed by atoms with Crippen molar-refractivity contribution in [2.75, 3.05) is 0 Å². The Balaban J connectivity index is 1.72. The predicted molar refractivity (Wildman–Crippen MR) is 129 cm³/mol. The highest BCUT2D eigenvalue weighted by Gasteiger charge is 2.21. The molecule has 0 atom stereocenters. The standard InChI is InChI=1S/C25H22ClF2N5O3/c1-13-8-30-17(18-10-29-11-22(32-18)25(3,4)35)7-20(13)33-14(2)5-21(23(26)24(33)34)36-12-19-16(28)6-15(27)9-31-19/h5-11,35H,12H2,1-4H3. The fourth-order valence-corrected chi connectivity index (χ4v) is 3.65. The van der Waals surface area contributed by atoms with Gasteiger partial charge in [-0.2, -0.15) is 0 Å². The van der Waals surface area contributed by atoms with Crippen molar-refractivity contribution in [3.05, 3.63) is 92.6 Å². The highest BCUT2D eigenvalue weighted by atomic mass is 35.5. The van der Waals surface area contributed by atoms with E-state index in [0.29, 0.717) is 40.1 Å². The van der Waals surface area contributed by atoms with Crippen LogP contribution in [-0.4, -0.2) is 29.6 Å². The van der Waals surface area contributed by atoms with Gasteiger partial charge in [-0.25, -0.2) is 13.8 Å². The zero-order chi connectivity index (χ0) is 26.2. The minimum absolute atomic E-state index is 0.0385. The number of aromatic nitrogens is 5. The zero-order valence-electron chi connectivity index (χ0n) is 19.9. The predicted octanol–water partition coefficient (Wildman–Crippen LogP) is 4.44. The van der Waals surface area contributed by atoms with Crippen molar-refractivity contribution in [3.8, 4) is 22.8 Å². The van der Waals surface area contributed by atoms with Gasteiger partial charge in [0.1, 0.15) is 40.2 Å². The van der Waals surface area contributed by atoms with E-state index in [0.717, 1.165) is 6.20 Å². The molecule has 0 aliphatic heterocycles. The van der Waals surface area contributed by atoms with Gasteiger partial charge in [-0.3, -0.25) is 24.3 Å². The van der Waals surface area contributed by atoms with E-state index in [1.165, 1.54) is 17.0 Å². The summed E-state index contributed by atoms with van der Waals surface area (Å²) in [5, 5.41) is 10.1. The van der Waals surface area contributed by atoms with E-state index in [1.807, 2.05) is 0 Å². The van der Waals surface area contributed by atoms with E-state index < -0.39 is 22.8 Å². The van der Waals surface area contributed by atoms with Crippen molar-refractivity contribution >= 4 is 11.6 Å². The second-order valence-corrected chi connectivity index (χ2v) is 9.06. The van der Waals surface area contributed by atoms with Gasteiger partial charge in [-0.05, 0) is 39.3 Å². The first-order chi connectivity index (χ1) is 17.0. The summed E-state index contributed by atoms with van der Waals surface area (Å²) in [5.41, 5.74) is 1.04. The normalized spacial score (nSPS) is 11.6. The van der Waals surface area contributed by atoms with Crippen molar-refractivity contribution in [3.63, 3.8) is 0 Å². The maximum atomic E-state index is 13.9. The van der Waals surface area contributed by atoms with Crippen LogP contribution < -0.4 is 10.3 Å². The Bertz CT molecular complexity index is 1520. The zero-order valence-corrected chi connectivity index (χ0v) is 20.6. The summed E-state index contributed by atoms with van der Waals surface area (Å²) in [4.78, 5) is 29.9. The van der Waals surface area contributed by atoms with Gasteiger partial charge in [0.05, 0.1) is 35.7 Å². The summed E-state index contributed by atoms with van der Waals surface area (Å²) in [5.74, 6) is -1.64. The Kier molecular flexibility index (Phi) is 6.83. The smallest absolute Gasteiger partial charge is 0.277 e. The van der Waals surface area contributed by atoms with Crippen LogP contribution in [0.5, 0.6) is 5.75 Å². The summed E-state index contributed by atoms with van der Waals surface area (Å²) in [7, 11) is 0. The van der Waals surface area contributed by atoms with Crippen molar-refractivity contribution in [2.45, 2.75) is 39.9 Å². The first kappa shape index (κ1) is 25.3. The van der Waals surface area contributed by atoms with Gasteiger partial charge < -0.3 is 9.84 Å². The molecule has 8 nitrogen and oxygen atoms in total. The maximum absolute atomic E-state index is 13.9. The van der Waals surface area contributed by atoms with E-state index in [9.17, 15) is 18.7 Å². The van der Waals surface area contributed by atoms with E-state index in [2.05, 4.69) is 19.9 Å². The van der Waals surface area contributed by atoms with Crippen LogP contribution in [0.3, 0.4) is 0 Å². The third-order valence-electron chi connectivity index (χ3n) is 5.39. The van der Waals surface area contributed by atoms with Crippen LogP contribution in [0.25, 0.3) is 17.1 Å². The first-order valence-corrected chi connectivity index (χ1v) is 11.2. The van der Waals surface area contributed by atoms with Crippen LogP contribution in [0.1, 0.15) is 36.5 Å². The molecule has 4 rings (SSSR count). The van der Waals surface area contributed by atoms with Crippen molar-refractivity contribution in [2.24, 2.45) is 0 Å². The average molecular weight is 514 g/mol. The van der Waals surface area contributed by atoms with Crippen LogP contribution in [0.15, 0.2) is 47.8 Å². The minimum atomic E-state index is -1.19. The Morgan fingerprint density at radius 2 is 1.81 bits per heavy atom. The summed E-state index contributed by atoms with van der Waals surface area (Å²) >= 11 is 6.33. The second kappa shape index (κ2) is 9.71. The van der Waals surface area contributed by atoms with Gasteiger partial charge in [-0.15, -0.1) is 0 Å². The van der Waals surface area contributed by atoms with Gasteiger partial charge >= 0.3 is 0 Å². The lowest BCUT2D eigenvalue weighted by atomic mass is 10.1. The van der Waals surface area contributed by atoms with E-state index in [1.54, 1.807) is 46.0 Å². The summed E-state index contributed by atoms with van der Waals surface area (Å²) in [6.45, 7) is 6.34. The maximum Gasteiger partial charge on any atom is 0.277 e. The van der Waals surface area contributed by atoms with Crippen LogP contribution in [-0.2, 0) is 12.2 Å². The Morgan fingerprint density at radius 3 is 2.50 bits per heavy atom. The molecule has 4 heterocycles. The number of hydrogen-bond donors (Lipinski definition) is 1.